The molecule has 0 bridgehead atoms. The molecule has 2 aromatic heterocycles. The zero-order chi connectivity index (χ0) is 23.9. The maximum absolute atomic E-state index is 13.4. The number of aromatic amines is 1. The van der Waals surface area contributed by atoms with Gasteiger partial charge in [0.15, 0.2) is 11.0 Å². The molecule has 3 heterocycles. The molecule has 1 aromatic carbocycles. The maximum Gasteiger partial charge on any atom is 0.416 e. The van der Waals surface area contributed by atoms with Crippen molar-refractivity contribution in [3.05, 3.63) is 64.1 Å². The molecule has 5 rings (SSSR count). The minimum absolute atomic E-state index is 0.000516. The van der Waals surface area contributed by atoms with Crippen molar-refractivity contribution >= 4 is 11.8 Å². The Labute approximate surface area is 199 Å². The number of nitrogens with zero attached hydrogens (tertiary/aromatic N) is 4. The van der Waals surface area contributed by atoms with E-state index in [9.17, 15) is 18.0 Å². The van der Waals surface area contributed by atoms with Gasteiger partial charge in [0.2, 0.25) is 5.56 Å². The number of halogens is 3. The van der Waals surface area contributed by atoms with Gasteiger partial charge in [0.05, 0.1) is 5.56 Å². The van der Waals surface area contributed by atoms with Crippen molar-refractivity contribution in [2.45, 2.75) is 36.5 Å². The summed E-state index contributed by atoms with van der Waals surface area (Å²) in [6, 6.07) is 9.34. The lowest BCUT2D eigenvalue weighted by Crippen LogP contribution is -2.23. The van der Waals surface area contributed by atoms with Crippen molar-refractivity contribution in [1.82, 2.24) is 24.6 Å². The molecule has 1 spiro atoms. The van der Waals surface area contributed by atoms with E-state index in [1.165, 1.54) is 18.2 Å². The number of benzene rings is 1. The average molecular weight is 490 g/mol. The largest absolute Gasteiger partial charge is 0.416 e. The summed E-state index contributed by atoms with van der Waals surface area (Å²) in [4.78, 5) is 16.5. The van der Waals surface area contributed by atoms with Gasteiger partial charge in [0.1, 0.15) is 0 Å². The number of alkyl halides is 3. The summed E-state index contributed by atoms with van der Waals surface area (Å²) in [5, 5.41) is 9.27. The number of thioether (sulfide) groups is 1. The number of nitrogens with one attached hydrogen (secondary N) is 1. The Hall–Kier alpha value is -2.59. The summed E-state index contributed by atoms with van der Waals surface area (Å²) in [6.45, 7) is 2.72. The first kappa shape index (κ1) is 23.2. The van der Waals surface area contributed by atoms with Crippen LogP contribution < -0.4 is 5.56 Å². The number of aromatic nitrogens is 4. The van der Waals surface area contributed by atoms with Crippen LogP contribution in [-0.4, -0.2) is 50.0 Å². The number of hydrogen-bond donors (Lipinski definition) is 1. The van der Waals surface area contributed by atoms with Crippen LogP contribution in [-0.2, 0) is 13.2 Å². The predicted octanol–water partition coefficient (Wildman–Crippen LogP) is 4.55. The van der Waals surface area contributed by atoms with Gasteiger partial charge in [-0.15, -0.1) is 10.2 Å². The summed E-state index contributed by atoms with van der Waals surface area (Å²) in [5.74, 6) is 1.52. The van der Waals surface area contributed by atoms with Crippen LogP contribution in [0.1, 0.15) is 36.3 Å². The van der Waals surface area contributed by atoms with Gasteiger partial charge in [-0.3, -0.25) is 4.79 Å². The molecule has 2 unspecified atom stereocenters. The lowest BCUT2D eigenvalue weighted by molar-refractivity contribution is -0.138. The van der Waals surface area contributed by atoms with Gasteiger partial charge in [-0.05, 0) is 61.4 Å². The third kappa shape index (κ3) is 4.53. The van der Waals surface area contributed by atoms with Gasteiger partial charge in [-0.25, -0.2) is 0 Å². The number of pyridine rings is 1. The fourth-order valence-corrected chi connectivity index (χ4v) is 6.03. The highest BCUT2D eigenvalue weighted by Crippen LogP contribution is 2.65. The average Bonchev–Trinajstić information content (AvgIpc) is 3.14. The molecule has 1 saturated heterocycles. The van der Waals surface area contributed by atoms with Crippen molar-refractivity contribution < 1.29 is 13.2 Å². The van der Waals surface area contributed by atoms with Crippen molar-refractivity contribution in [1.29, 1.82) is 0 Å². The second-order valence-electron chi connectivity index (χ2n) is 9.24. The van der Waals surface area contributed by atoms with Gasteiger partial charge < -0.3 is 14.5 Å². The van der Waals surface area contributed by atoms with Gasteiger partial charge >= 0.3 is 6.18 Å². The number of H-pyrrole nitrogens is 1. The Bertz CT molecular complexity index is 1240. The van der Waals surface area contributed by atoms with Crippen LogP contribution in [0.3, 0.4) is 0 Å². The number of likely N-dealkylation sites (tertiary alicyclic amines) is 1. The first-order valence-corrected chi connectivity index (χ1v) is 12.4. The van der Waals surface area contributed by atoms with E-state index < -0.39 is 11.7 Å². The van der Waals surface area contributed by atoms with E-state index in [-0.39, 0.29) is 16.9 Å². The van der Waals surface area contributed by atoms with E-state index in [4.69, 9.17) is 0 Å². The van der Waals surface area contributed by atoms with Gasteiger partial charge in [0, 0.05) is 37.2 Å². The van der Waals surface area contributed by atoms with Crippen LogP contribution >= 0.6 is 11.8 Å². The molecule has 2 atom stereocenters. The molecule has 34 heavy (non-hydrogen) atoms. The highest BCUT2D eigenvalue weighted by Gasteiger charge is 2.59. The molecule has 180 valence electrons. The summed E-state index contributed by atoms with van der Waals surface area (Å²) in [5.41, 5.74) is 0.526. The molecular weight excluding hydrogens is 463 g/mol. The molecule has 10 heteroatoms. The van der Waals surface area contributed by atoms with Crippen LogP contribution in [0.5, 0.6) is 0 Å². The van der Waals surface area contributed by atoms with Crippen LogP contribution in [0.2, 0.25) is 0 Å². The van der Waals surface area contributed by atoms with Crippen molar-refractivity contribution in [3.8, 4) is 11.4 Å². The Morgan fingerprint density at radius 1 is 1.24 bits per heavy atom. The van der Waals surface area contributed by atoms with Crippen molar-refractivity contribution in [3.63, 3.8) is 0 Å². The molecule has 1 aliphatic heterocycles. The zero-order valence-electron chi connectivity index (χ0n) is 18.8. The van der Waals surface area contributed by atoms with E-state index in [1.54, 1.807) is 36.2 Å². The van der Waals surface area contributed by atoms with E-state index in [0.29, 0.717) is 11.4 Å². The molecule has 1 N–H and O–H groups in total. The second kappa shape index (κ2) is 8.88. The van der Waals surface area contributed by atoms with Crippen molar-refractivity contribution in [2.24, 2.45) is 12.5 Å². The van der Waals surface area contributed by atoms with E-state index >= 15 is 0 Å². The monoisotopic (exact) mass is 489 g/mol. The third-order valence-electron chi connectivity index (χ3n) is 7.01. The Morgan fingerprint density at radius 2 is 2.06 bits per heavy atom. The van der Waals surface area contributed by atoms with Crippen molar-refractivity contribution in [2.75, 3.05) is 25.4 Å². The topological polar surface area (TPSA) is 66.8 Å². The first-order chi connectivity index (χ1) is 16.3. The van der Waals surface area contributed by atoms with Crippen LogP contribution in [0, 0.1) is 5.41 Å². The predicted molar refractivity (Wildman–Crippen MR) is 125 cm³/mol. The van der Waals surface area contributed by atoms with Crippen LogP contribution in [0.25, 0.3) is 11.4 Å². The summed E-state index contributed by atoms with van der Waals surface area (Å²) in [7, 11) is 1.88. The minimum Gasteiger partial charge on any atom is -0.329 e. The summed E-state index contributed by atoms with van der Waals surface area (Å²) in [6.07, 6.45) is 0.0485. The lowest BCUT2D eigenvalue weighted by atomic mass is 9.95. The highest BCUT2D eigenvalue weighted by atomic mass is 32.2. The van der Waals surface area contributed by atoms with Gasteiger partial charge in [-0.1, -0.05) is 30.0 Å². The van der Waals surface area contributed by atoms with E-state index in [0.717, 1.165) is 55.4 Å². The molecule has 0 amide bonds. The fraction of sp³-hybridized carbons (Fsp3) is 0.458. The Kier molecular flexibility index (Phi) is 6.05. The standard InChI is InChI=1S/C24H26F3N5OS/c1-31-21(16-7-9-28-20(33)13-16)29-30-22(31)34-12-4-10-32-11-8-23(15-32)14-19(23)17-5-2-3-6-18(17)24(25,26)27/h2-3,5-7,9,13,19H,4,8,10-12,14-15H2,1H3,(H,28,33). The molecule has 3 aromatic rings. The van der Waals surface area contributed by atoms with E-state index in [2.05, 4.69) is 20.1 Å². The second-order valence-corrected chi connectivity index (χ2v) is 10.3. The van der Waals surface area contributed by atoms with Crippen LogP contribution in [0.15, 0.2) is 52.5 Å². The highest BCUT2D eigenvalue weighted by molar-refractivity contribution is 7.99. The molecular formula is C24H26F3N5OS. The van der Waals surface area contributed by atoms with E-state index in [1.807, 2.05) is 11.6 Å². The number of rotatable bonds is 7. The molecule has 0 radical (unpaired) electrons. The first-order valence-electron chi connectivity index (χ1n) is 11.4. The minimum atomic E-state index is -4.30. The fourth-order valence-electron chi connectivity index (χ4n) is 5.20. The molecule has 2 fully saturated rings. The summed E-state index contributed by atoms with van der Waals surface area (Å²) < 4.78 is 42.2. The Morgan fingerprint density at radius 3 is 2.85 bits per heavy atom. The number of hydrogen-bond acceptors (Lipinski definition) is 5. The molecule has 1 aliphatic carbocycles. The van der Waals surface area contributed by atoms with Gasteiger partial charge in [0.25, 0.3) is 0 Å². The smallest absolute Gasteiger partial charge is 0.329 e. The summed E-state index contributed by atoms with van der Waals surface area (Å²) >= 11 is 1.62. The normalized spacial score (nSPS) is 22.5. The lowest BCUT2D eigenvalue weighted by Gasteiger charge is -2.17. The van der Waals surface area contributed by atoms with Gasteiger partial charge in [-0.2, -0.15) is 13.2 Å². The zero-order valence-corrected chi connectivity index (χ0v) is 19.6. The molecule has 2 aliphatic rings. The third-order valence-corrected chi connectivity index (χ3v) is 8.12. The quantitative estimate of drug-likeness (QED) is 0.390. The maximum atomic E-state index is 13.4. The molecule has 6 nitrogen and oxygen atoms in total. The SMILES string of the molecule is Cn1c(SCCCN2CCC3(CC3c3ccccc3C(F)(F)F)C2)nnc1-c1cc[nH]c(=O)c1. The Balaban J connectivity index is 1.13. The molecule has 1 saturated carbocycles. The van der Waals surface area contributed by atoms with Crippen LogP contribution in [0.4, 0.5) is 13.2 Å².